The van der Waals surface area contributed by atoms with Gasteiger partial charge in [-0.2, -0.15) is 0 Å². The van der Waals surface area contributed by atoms with E-state index in [1.165, 1.54) is 0 Å². The summed E-state index contributed by atoms with van der Waals surface area (Å²) in [6.45, 7) is 0.506. The van der Waals surface area contributed by atoms with Crippen molar-refractivity contribution in [3.8, 4) is 0 Å². The highest BCUT2D eigenvalue weighted by Crippen LogP contribution is 2.36. The van der Waals surface area contributed by atoms with E-state index in [9.17, 15) is 4.79 Å². The van der Waals surface area contributed by atoms with Gasteiger partial charge in [-0.15, -0.1) is 0 Å². The van der Waals surface area contributed by atoms with E-state index in [0.29, 0.717) is 12.7 Å². The zero-order valence-corrected chi connectivity index (χ0v) is 6.42. The lowest BCUT2D eigenvalue weighted by Gasteiger charge is -2.41. The van der Waals surface area contributed by atoms with Crippen LogP contribution in [0.15, 0.2) is 0 Å². The summed E-state index contributed by atoms with van der Waals surface area (Å²) in [5, 5.41) is 2.79. The van der Waals surface area contributed by atoms with Crippen molar-refractivity contribution in [2.45, 2.75) is 24.5 Å². The number of hydrogen-bond donors (Lipinski definition) is 1. The Hall–Kier alpha value is -0.770. The fraction of sp³-hybridized carbons (Fsp3) is 0.857. The average molecular weight is 157 g/mol. The molecule has 2 aliphatic rings. The van der Waals surface area contributed by atoms with Gasteiger partial charge in [-0.05, 0) is 0 Å². The van der Waals surface area contributed by atoms with Gasteiger partial charge < -0.3 is 14.8 Å². The first-order valence-corrected chi connectivity index (χ1v) is 3.72. The van der Waals surface area contributed by atoms with Crippen LogP contribution in [0.4, 0.5) is 4.79 Å². The molecular formula is C7H11NO3. The van der Waals surface area contributed by atoms with Crippen LogP contribution in [-0.2, 0) is 9.47 Å². The number of carbonyl (C=O) groups is 1. The van der Waals surface area contributed by atoms with E-state index in [4.69, 9.17) is 9.47 Å². The van der Waals surface area contributed by atoms with Gasteiger partial charge in [-0.25, -0.2) is 4.79 Å². The van der Waals surface area contributed by atoms with Crippen LogP contribution in [0.2, 0.25) is 0 Å². The van der Waals surface area contributed by atoms with Gasteiger partial charge in [0.15, 0.2) is 0 Å². The highest BCUT2D eigenvalue weighted by Gasteiger charge is 2.50. The Labute approximate surface area is 64.9 Å². The van der Waals surface area contributed by atoms with E-state index >= 15 is 0 Å². The zero-order valence-electron chi connectivity index (χ0n) is 6.42. The molecule has 1 saturated carbocycles. The summed E-state index contributed by atoms with van der Waals surface area (Å²) < 4.78 is 9.90. The van der Waals surface area contributed by atoms with Crippen molar-refractivity contribution in [2.75, 3.05) is 13.7 Å². The third-order valence-electron chi connectivity index (χ3n) is 2.42. The molecule has 4 heteroatoms. The lowest BCUT2D eigenvalue weighted by Crippen LogP contribution is -2.57. The molecule has 2 fully saturated rings. The average Bonchev–Trinajstić information content (AvgIpc) is 2.28. The first-order valence-electron chi connectivity index (χ1n) is 3.72. The van der Waals surface area contributed by atoms with E-state index in [-0.39, 0.29) is 11.6 Å². The minimum absolute atomic E-state index is 0.0856. The second-order valence-corrected chi connectivity index (χ2v) is 3.25. The molecule has 1 heterocycles. The molecule has 0 atom stereocenters. The van der Waals surface area contributed by atoms with Gasteiger partial charge >= 0.3 is 6.09 Å². The summed E-state index contributed by atoms with van der Waals surface area (Å²) in [5.41, 5.74) is -0.0856. The Morgan fingerprint density at radius 3 is 2.91 bits per heavy atom. The third kappa shape index (κ3) is 0.976. The smallest absolute Gasteiger partial charge is 0.407 e. The molecular weight excluding hydrogens is 146 g/mol. The molecule has 1 aliphatic carbocycles. The van der Waals surface area contributed by atoms with Crippen LogP contribution < -0.4 is 5.32 Å². The second kappa shape index (κ2) is 2.11. The first kappa shape index (κ1) is 6.91. The van der Waals surface area contributed by atoms with Gasteiger partial charge in [0.05, 0.1) is 11.6 Å². The largest absolute Gasteiger partial charge is 0.447 e. The monoisotopic (exact) mass is 157 g/mol. The Morgan fingerprint density at radius 2 is 2.45 bits per heavy atom. The molecule has 1 N–H and O–H groups in total. The van der Waals surface area contributed by atoms with Crippen LogP contribution in [0.5, 0.6) is 0 Å². The van der Waals surface area contributed by atoms with E-state index in [2.05, 4.69) is 5.32 Å². The normalized spacial score (nSPS) is 41.5. The zero-order chi connectivity index (χ0) is 7.90. The van der Waals surface area contributed by atoms with Gasteiger partial charge in [0.1, 0.15) is 6.61 Å². The van der Waals surface area contributed by atoms with Crippen molar-refractivity contribution in [2.24, 2.45) is 0 Å². The number of rotatable bonds is 1. The Kier molecular flexibility index (Phi) is 1.32. The van der Waals surface area contributed by atoms with Crippen molar-refractivity contribution in [3.63, 3.8) is 0 Å². The van der Waals surface area contributed by atoms with Gasteiger partial charge in [-0.1, -0.05) is 0 Å². The summed E-state index contributed by atoms with van der Waals surface area (Å²) in [5.74, 6) is 0. The molecule has 2 rings (SSSR count). The van der Waals surface area contributed by atoms with Crippen molar-refractivity contribution < 1.29 is 14.3 Å². The summed E-state index contributed by atoms with van der Waals surface area (Å²) >= 11 is 0. The number of hydrogen-bond acceptors (Lipinski definition) is 3. The van der Waals surface area contributed by atoms with E-state index in [0.717, 1.165) is 12.8 Å². The first-order chi connectivity index (χ1) is 5.24. The fourth-order valence-corrected chi connectivity index (χ4v) is 1.69. The summed E-state index contributed by atoms with van der Waals surface area (Å²) in [6, 6.07) is 0. The van der Waals surface area contributed by atoms with Crippen molar-refractivity contribution in [3.05, 3.63) is 0 Å². The molecule has 1 amide bonds. The van der Waals surface area contributed by atoms with Gasteiger partial charge in [-0.3, -0.25) is 0 Å². The maximum atomic E-state index is 10.7. The Balaban J connectivity index is 1.92. The molecule has 1 aliphatic heterocycles. The lowest BCUT2D eigenvalue weighted by atomic mass is 9.75. The summed E-state index contributed by atoms with van der Waals surface area (Å²) in [7, 11) is 1.69. The molecule has 0 unspecified atom stereocenters. The number of nitrogens with one attached hydrogen (secondary N) is 1. The predicted octanol–water partition coefficient (Wildman–Crippen LogP) is 0.274. The summed E-state index contributed by atoms with van der Waals surface area (Å²) in [6.07, 6.45) is 1.78. The molecule has 0 aromatic carbocycles. The molecule has 0 aromatic rings. The molecule has 0 radical (unpaired) electrons. The second-order valence-electron chi connectivity index (χ2n) is 3.25. The van der Waals surface area contributed by atoms with Crippen LogP contribution >= 0.6 is 0 Å². The van der Waals surface area contributed by atoms with Gasteiger partial charge in [0, 0.05) is 20.0 Å². The molecule has 1 saturated heterocycles. The molecule has 11 heavy (non-hydrogen) atoms. The third-order valence-corrected chi connectivity index (χ3v) is 2.42. The molecule has 0 bridgehead atoms. The van der Waals surface area contributed by atoms with Crippen molar-refractivity contribution >= 4 is 6.09 Å². The maximum absolute atomic E-state index is 10.7. The summed E-state index contributed by atoms with van der Waals surface area (Å²) in [4.78, 5) is 10.7. The standard InChI is InChI=1S/C7H11NO3/c1-10-5-2-7(3-5)4-11-6(9)8-7/h5H,2-4H2,1H3,(H,8,9). The van der Waals surface area contributed by atoms with Crippen LogP contribution in [0.25, 0.3) is 0 Å². The predicted molar refractivity (Wildman–Crippen MR) is 37.2 cm³/mol. The van der Waals surface area contributed by atoms with Gasteiger partial charge in [0.25, 0.3) is 0 Å². The number of alkyl carbamates (subject to hydrolysis) is 1. The van der Waals surface area contributed by atoms with Crippen LogP contribution in [0.3, 0.4) is 0 Å². The molecule has 62 valence electrons. The highest BCUT2D eigenvalue weighted by molar-refractivity contribution is 5.71. The van der Waals surface area contributed by atoms with Crippen LogP contribution in [0.1, 0.15) is 12.8 Å². The number of carbonyl (C=O) groups excluding carboxylic acids is 1. The van der Waals surface area contributed by atoms with E-state index < -0.39 is 0 Å². The van der Waals surface area contributed by atoms with Crippen molar-refractivity contribution in [1.82, 2.24) is 5.32 Å². The molecule has 0 aromatic heterocycles. The van der Waals surface area contributed by atoms with Crippen LogP contribution in [-0.4, -0.2) is 31.5 Å². The maximum Gasteiger partial charge on any atom is 0.407 e. The SMILES string of the molecule is COC1CC2(COC(=O)N2)C1. The van der Waals surface area contributed by atoms with E-state index in [1.807, 2.05) is 0 Å². The number of methoxy groups -OCH3 is 1. The van der Waals surface area contributed by atoms with Crippen molar-refractivity contribution in [1.29, 1.82) is 0 Å². The minimum atomic E-state index is -0.292. The fourth-order valence-electron chi connectivity index (χ4n) is 1.69. The Bertz CT molecular complexity index is 186. The minimum Gasteiger partial charge on any atom is -0.447 e. The van der Waals surface area contributed by atoms with Gasteiger partial charge in [0.2, 0.25) is 0 Å². The topological polar surface area (TPSA) is 47.6 Å². The molecule has 4 nitrogen and oxygen atoms in total. The lowest BCUT2D eigenvalue weighted by molar-refractivity contribution is -0.0255. The number of amides is 1. The molecule has 1 spiro atoms. The van der Waals surface area contributed by atoms with Crippen LogP contribution in [0, 0.1) is 0 Å². The quantitative estimate of drug-likeness (QED) is 0.594. The van der Waals surface area contributed by atoms with E-state index in [1.54, 1.807) is 7.11 Å². The number of cyclic esters (lactones) is 1. The highest BCUT2D eigenvalue weighted by atomic mass is 16.6. The Morgan fingerprint density at radius 1 is 1.73 bits per heavy atom. The number of ether oxygens (including phenoxy) is 2.